The number of ether oxygens (including phenoxy) is 1. The minimum absolute atomic E-state index is 0.00704. The molecule has 0 aromatic heterocycles. The van der Waals surface area contributed by atoms with Crippen LogP contribution in [0, 0.1) is 0 Å². The fourth-order valence-corrected chi connectivity index (χ4v) is 2.50. The summed E-state index contributed by atoms with van der Waals surface area (Å²) in [6.45, 7) is 7.66. The van der Waals surface area contributed by atoms with Crippen molar-refractivity contribution in [2.45, 2.75) is 45.6 Å². The molecule has 0 spiro atoms. The number of carbonyl (C=O) groups excluding carboxylic acids is 1. The van der Waals surface area contributed by atoms with Gasteiger partial charge in [-0.2, -0.15) is 5.10 Å². The molecule has 124 valence electrons. The minimum Gasteiger partial charge on any atom is -0.479 e. The van der Waals surface area contributed by atoms with Gasteiger partial charge in [0.15, 0.2) is 5.54 Å². The van der Waals surface area contributed by atoms with Crippen molar-refractivity contribution in [1.29, 1.82) is 0 Å². The van der Waals surface area contributed by atoms with E-state index in [1.807, 2.05) is 24.3 Å². The lowest BCUT2D eigenvalue weighted by atomic mass is 9.95. The highest BCUT2D eigenvalue weighted by atomic mass is 16.5. The van der Waals surface area contributed by atoms with Crippen molar-refractivity contribution in [3.63, 3.8) is 0 Å². The van der Waals surface area contributed by atoms with Crippen molar-refractivity contribution in [2.24, 2.45) is 5.10 Å². The van der Waals surface area contributed by atoms with Crippen molar-refractivity contribution < 1.29 is 19.4 Å². The first kappa shape index (κ1) is 17.0. The summed E-state index contributed by atoms with van der Waals surface area (Å²) in [6, 6.07) is 7.54. The summed E-state index contributed by atoms with van der Waals surface area (Å²) in [5.41, 5.74) is 0.615. The molecule has 0 bridgehead atoms. The molecular weight excluding hydrogens is 296 g/mol. The van der Waals surface area contributed by atoms with Crippen LogP contribution >= 0.6 is 0 Å². The van der Waals surface area contributed by atoms with E-state index in [9.17, 15) is 14.7 Å². The van der Waals surface area contributed by atoms with E-state index in [1.54, 1.807) is 13.8 Å². The molecule has 0 saturated heterocycles. The lowest BCUT2D eigenvalue weighted by molar-refractivity contribution is -0.142. The summed E-state index contributed by atoms with van der Waals surface area (Å²) in [5.74, 6) is -1.22. The van der Waals surface area contributed by atoms with Crippen LogP contribution in [0.3, 0.4) is 0 Å². The number of benzene rings is 1. The number of aliphatic carboxylic acids is 1. The number of rotatable bonds is 5. The minimum atomic E-state index is -1.30. The van der Waals surface area contributed by atoms with Crippen LogP contribution in [0.15, 0.2) is 29.4 Å². The molecule has 1 aliphatic rings. The van der Waals surface area contributed by atoms with Gasteiger partial charge in [0.25, 0.3) is 0 Å². The van der Waals surface area contributed by atoms with Crippen LogP contribution in [0.25, 0.3) is 0 Å². The van der Waals surface area contributed by atoms with Gasteiger partial charge in [-0.1, -0.05) is 26.0 Å². The van der Waals surface area contributed by atoms with Crippen LogP contribution in [0.4, 0.5) is 5.69 Å². The number of anilines is 1. The lowest BCUT2D eigenvalue weighted by Gasteiger charge is -2.30. The normalized spacial score (nSPS) is 20.6. The fourth-order valence-electron chi connectivity index (χ4n) is 2.50. The average molecular weight is 318 g/mol. The van der Waals surface area contributed by atoms with Gasteiger partial charge in [-0.25, -0.2) is 14.6 Å². The fraction of sp³-hybridized carbons (Fsp3) is 0.471. The van der Waals surface area contributed by atoms with Crippen LogP contribution in [-0.4, -0.2) is 34.9 Å². The Hall–Kier alpha value is -2.37. The van der Waals surface area contributed by atoms with Crippen molar-refractivity contribution in [3.05, 3.63) is 29.8 Å². The Kier molecular flexibility index (Phi) is 4.73. The van der Waals surface area contributed by atoms with Gasteiger partial charge in [-0.15, -0.1) is 0 Å². The smallest absolute Gasteiger partial charge is 0.354 e. The number of hydrogen-bond acceptors (Lipinski definition) is 5. The summed E-state index contributed by atoms with van der Waals surface area (Å²) in [7, 11) is 0. The highest BCUT2D eigenvalue weighted by molar-refractivity contribution is 6.38. The molecule has 1 aromatic carbocycles. The zero-order chi connectivity index (χ0) is 17.2. The van der Waals surface area contributed by atoms with Crippen LogP contribution in [0.2, 0.25) is 0 Å². The molecule has 6 nitrogen and oxygen atoms in total. The molecule has 6 heteroatoms. The van der Waals surface area contributed by atoms with E-state index in [0.717, 1.165) is 5.56 Å². The van der Waals surface area contributed by atoms with Crippen LogP contribution in [-0.2, 0) is 14.3 Å². The Bertz CT molecular complexity index is 636. The lowest BCUT2D eigenvalue weighted by Crippen LogP contribution is -2.47. The number of carboxylic acids is 1. The first-order valence-corrected chi connectivity index (χ1v) is 7.67. The summed E-state index contributed by atoms with van der Waals surface area (Å²) < 4.78 is 4.94. The maximum Gasteiger partial charge on any atom is 0.354 e. The van der Waals surface area contributed by atoms with Gasteiger partial charge >= 0.3 is 11.9 Å². The summed E-state index contributed by atoms with van der Waals surface area (Å²) in [5, 5.41) is 15.2. The zero-order valence-electron chi connectivity index (χ0n) is 13.9. The summed E-state index contributed by atoms with van der Waals surface area (Å²) >= 11 is 0. The highest BCUT2D eigenvalue weighted by Crippen LogP contribution is 2.34. The molecule has 0 saturated carbocycles. The predicted molar refractivity (Wildman–Crippen MR) is 87.7 cm³/mol. The third kappa shape index (κ3) is 3.21. The number of nitrogens with zero attached hydrogens (tertiary/aromatic N) is 2. The third-order valence-electron chi connectivity index (χ3n) is 3.98. The average Bonchev–Trinajstić information content (AvgIpc) is 2.87. The molecule has 1 N–H and O–H groups in total. The van der Waals surface area contributed by atoms with Gasteiger partial charge in [-0.3, -0.25) is 0 Å². The van der Waals surface area contributed by atoms with Crippen molar-refractivity contribution in [3.8, 4) is 0 Å². The number of carboxylic acid groups (broad SMARTS) is 1. The Balaban J connectivity index is 2.38. The quantitative estimate of drug-likeness (QED) is 0.845. The van der Waals surface area contributed by atoms with Gasteiger partial charge in [0, 0.05) is 6.42 Å². The van der Waals surface area contributed by atoms with E-state index < -0.39 is 17.5 Å². The monoisotopic (exact) mass is 318 g/mol. The van der Waals surface area contributed by atoms with Gasteiger partial charge in [0.05, 0.1) is 12.3 Å². The number of carbonyl (C=O) groups is 2. The second-order valence-electron chi connectivity index (χ2n) is 6.08. The second-order valence-corrected chi connectivity index (χ2v) is 6.08. The molecule has 0 aliphatic carbocycles. The molecule has 1 unspecified atom stereocenters. The highest BCUT2D eigenvalue weighted by Gasteiger charge is 2.48. The van der Waals surface area contributed by atoms with Crippen LogP contribution in [0.5, 0.6) is 0 Å². The van der Waals surface area contributed by atoms with E-state index in [4.69, 9.17) is 4.74 Å². The zero-order valence-corrected chi connectivity index (χ0v) is 13.9. The SMILES string of the molecule is CCOC(=O)C1=NN(c2ccc(C(C)C)cc2)C(C)(C(=O)O)C1. The summed E-state index contributed by atoms with van der Waals surface area (Å²) in [4.78, 5) is 23.6. The van der Waals surface area contributed by atoms with Gasteiger partial charge in [-0.05, 0) is 37.5 Å². The van der Waals surface area contributed by atoms with Crippen molar-refractivity contribution in [1.82, 2.24) is 0 Å². The van der Waals surface area contributed by atoms with Gasteiger partial charge in [0.1, 0.15) is 5.71 Å². The molecule has 0 radical (unpaired) electrons. The number of hydrazone groups is 1. The van der Waals surface area contributed by atoms with E-state index in [0.29, 0.717) is 11.6 Å². The molecular formula is C17H22N2O4. The van der Waals surface area contributed by atoms with Gasteiger partial charge < -0.3 is 9.84 Å². The number of hydrogen-bond donors (Lipinski definition) is 1. The number of esters is 1. The molecule has 2 rings (SSSR count). The van der Waals surface area contributed by atoms with Crippen molar-refractivity contribution in [2.75, 3.05) is 11.6 Å². The van der Waals surface area contributed by atoms with E-state index >= 15 is 0 Å². The largest absolute Gasteiger partial charge is 0.479 e. The Morgan fingerprint density at radius 3 is 2.43 bits per heavy atom. The molecule has 1 aliphatic heterocycles. The molecule has 1 aromatic rings. The standard InChI is InChI=1S/C17H22N2O4/c1-5-23-15(20)14-10-17(4,16(21)22)19(18-14)13-8-6-12(7-9-13)11(2)3/h6-9,11H,5,10H2,1-4H3,(H,21,22). The maximum atomic E-state index is 11.9. The van der Waals surface area contributed by atoms with Crippen molar-refractivity contribution >= 4 is 23.3 Å². The Morgan fingerprint density at radius 2 is 1.96 bits per heavy atom. The summed E-state index contributed by atoms with van der Waals surface area (Å²) in [6.07, 6.45) is 0.00704. The molecule has 1 heterocycles. The Morgan fingerprint density at radius 1 is 1.35 bits per heavy atom. The first-order valence-electron chi connectivity index (χ1n) is 7.67. The molecule has 0 amide bonds. The second kappa shape index (κ2) is 6.40. The van der Waals surface area contributed by atoms with Crippen LogP contribution in [0.1, 0.15) is 45.6 Å². The molecule has 1 atom stereocenters. The van der Waals surface area contributed by atoms with Gasteiger partial charge in [0.2, 0.25) is 0 Å². The molecule has 23 heavy (non-hydrogen) atoms. The maximum absolute atomic E-state index is 11.9. The van der Waals surface area contributed by atoms with E-state index in [-0.39, 0.29) is 18.7 Å². The Labute approximate surface area is 135 Å². The van der Waals surface area contributed by atoms with E-state index in [1.165, 1.54) is 5.01 Å². The predicted octanol–water partition coefficient (Wildman–Crippen LogP) is 2.78. The van der Waals surface area contributed by atoms with E-state index in [2.05, 4.69) is 18.9 Å². The topological polar surface area (TPSA) is 79.2 Å². The third-order valence-corrected chi connectivity index (χ3v) is 3.98. The first-order chi connectivity index (χ1) is 10.8. The van der Waals surface area contributed by atoms with Crippen LogP contribution < -0.4 is 5.01 Å². The molecule has 0 fully saturated rings.